The molecule has 0 bridgehead atoms. The van der Waals surface area contributed by atoms with Crippen molar-refractivity contribution in [3.05, 3.63) is 28.8 Å². The van der Waals surface area contributed by atoms with Crippen LogP contribution in [0, 0.1) is 11.3 Å². The molecule has 0 radical (unpaired) electrons. The molecule has 4 nitrogen and oxygen atoms in total. The van der Waals surface area contributed by atoms with Gasteiger partial charge in [-0.3, -0.25) is 0 Å². The first kappa shape index (κ1) is 11.3. The van der Waals surface area contributed by atoms with Crippen LogP contribution in [0.2, 0.25) is 5.02 Å². The van der Waals surface area contributed by atoms with Gasteiger partial charge in [0, 0.05) is 19.8 Å². The molecular formula is C10H10ClN3O. The molecule has 5 heteroatoms. The second-order valence-corrected chi connectivity index (χ2v) is 3.54. The second-order valence-electron chi connectivity index (χ2n) is 3.13. The number of rotatable bonds is 1. The Kier molecular flexibility index (Phi) is 3.53. The number of urea groups is 1. The quantitative estimate of drug-likeness (QED) is 0.794. The van der Waals surface area contributed by atoms with Crippen molar-refractivity contribution in [1.82, 2.24) is 4.90 Å². The van der Waals surface area contributed by atoms with E-state index in [0.717, 1.165) is 0 Å². The van der Waals surface area contributed by atoms with Crippen molar-refractivity contribution in [3.63, 3.8) is 0 Å². The predicted octanol–water partition coefficient (Wildman–Crippen LogP) is 2.31. The van der Waals surface area contributed by atoms with Crippen LogP contribution < -0.4 is 5.32 Å². The molecule has 0 aliphatic rings. The van der Waals surface area contributed by atoms with E-state index in [9.17, 15) is 4.79 Å². The van der Waals surface area contributed by atoms with E-state index in [0.29, 0.717) is 16.3 Å². The number of carbonyl (C=O) groups is 1. The zero-order valence-electron chi connectivity index (χ0n) is 8.41. The monoisotopic (exact) mass is 223 g/mol. The third-order valence-corrected chi connectivity index (χ3v) is 2.06. The highest BCUT2D eigenvalue weighted by atomic mass is 35.5. The van der Waals surface area contributed by atoms with Crippen LogP contribution in [0.5, 0.6) is 0 Å². The van der Waals surface area contributed by atoms with Gasteiger partial charge in [0.15, 0.2) is 0 Å². The topological polar surface area (TPSA) is 56.1 Å². The van der Waals surface area contributed by atoms with Gasteiger partial charge in [-0.1, -0.05) is 11.6 Å². The summed E-state index contributed by atoms with van der Waals surface area (Å²) >= 11 is 5.81. The molecule has 2 amide bonds. The molecule has 78 valence electrons. The first-order valence-electron chi connectivity index (χ1n) is 4.22. The molecule has 0 spiro atoms. The van der Waals surface area contributed by atoms with E-state index in [-0.39, 0.29) is 6.03 Å². The molecule has 0 aliphatic carbocycles. The van der Waals surface area contributed by atoms with Crippen molar-refractivity contribution in [2.75, 3.05) is 19.4 Å². The normalized spacial score (nSPS) is 9.20. The van der Waals surface area contributed by atoms with Gasteiger partial charge in [-0.05, 0) is 18.2 Å². The SMILES string of the molecule is CN(C)C(=O)Nc1ccc(C#N)c(Cl)c1. The Morgan fingerprint density at radius 3 is 2.67 bits per heavy atom. The number of hydrogen-bond acceptors (Lipinski definition) is 2. The summed E-state index contributed by atoms with van der Waals surface area (Å²) in [6.07, 6.45) is 0. The average molecular weight is 224 g/mol. The molecule has 1 N–H and O–H groups in total. The molecule has 0 aliphatic heterocycles. The fraction of sp³-hybridized carbons (Fsp3) is 0.200. The number of nitriles is 1. The van der Waals surface area contributed by atoms with E-state index in [1.165, 1.54) is 4.90 Å². The van der Waals surface area contributed by atoms with E-state index >= 15 is 0 Å². The lowest BCUT2D eigenvalue weighted by molar-refractivity contribution is 0.230. The maximum absolute atomic E-state index is 11.3. The molecule has 0 heterocycles. The van der Waals surface area contributed by atoms with E-state index in [1.807, 2.05) is 6.07 Å². The van der Waals surface area contributed by atoms with Crippen molar-refractivity contribution in [2.24, 2.45) is 0 Å². The zero-order chi connectivity index (χ0) is 11.4. The first-order chi connectivity index (χ1) is 7.04. The Morgan fingerprint density at radius 1 is 1.53 bits per heavy atom. The molecule has 0 saturated heterocycles. The largest absolute Gasteiger partial charge is 0.331 e. The van der Waals surface area contributed by atoms with Gasteiger partial charge >= 0.3 is 6.03 Å². The number of benzene rings is 1. The number of anilines is 1. The standard InChI is InChI=1S/C10H10ClN3O/c1-14(2)10(15)13-8-4-3-7(6-12)9(11)5-8/h3-5H,1-2H3,(H,13,15). The van der Waals surface area contributed by atoms with Crippen molar-refractivity contribution in [3.8, 4) is 6.07 Å². The Morgan fingerprint density at radius 2 is 2.20 bits per heavy atom. The summed E-state index contributed by atoms with van der Waals surface area (Å²) in [5, 5.41) is 11.6. The van der Waals surface area contributed by atoms with Crippen LogP contribution in [-0.4, -0.2) is 25.0 Å². The molecule has 1 aromatic rings. The van der Waals surface area contributed by atoms with Crippen molar-refractivity contribution in [1.29, 1.82) is 5.26 Å². The van der Waals surface area contributed by atoms with Crippen LogP contribution in [-0.2, 0) is 0 Å². The minimum Gasteiger partial charge on any atom is -0.331 e. The number of hydrogen-bond donors (Lipinski definition) is 1. The van der Waals surface area contributed by atoms with Gasteiger partial charge in [0.05, 0.1) is 10.6 Å². The third kappa shape index (κ3) is 2.86. The molecule has 0 saturated carbocycles. The number of nitrogens with zero attached hydrogens (tertiary/aromatic N) is 2. The molecule has 0 aromatic heterocycles. The van der Waals surface area contributed by atoms with Crippen LogP contribution in [0.4, 0.5) is 10.5 Å². The Balaban J connectivity index is 2.86. The van der Waals surface area contributed by atoms with Crippen LogP contribution in [0.1, 0.15) is 5.56 Å². The van der Waals surface area contributed by atoms with Gasteiger partial charge in [0.1, 0.15) is 6.07 Å². The number of nitrogens with one attached hydrogen (secondary N) is 1. The summed E-state index contributed by atoms with van der Waals surface area (Å²) in [5.74, 6) is 0. The molecule has 0 atom stereocenters. The molecule has 1 aromatic carbocycles. The lowest BCUT2D eigenvalue weighted by atomic mass is 10.2. The highest BCUT2D eigenvalue weighted by Gasteiger charge is 2.05. The lowest BCUT2D eigenvalue weighted by Gasteiger charge is -2.12. The fourth-order valence-corrected chi connectivity index (χ4v) is 1.14. The number of amides is 2. The number of carbonyl (C=O) groups excluding carboxylic acids is 1. The zero-order valence-corrected chi connectivity index (χ0v) is 9.17. The lowest BCUT2D eigenvalue weighted by Crippen LogP contribution is -2.27. The Labute approximate surface area is 93.1 Å². The van der Waals surface area contributed by atoms with Gasteiger partial charge in [0.25, 0.3) is 0 Å². The van der Waals surface area contributed by atoms with Gasteiger partial charge in [0.2, 0.25) is 0 Å². The Hall–Kier alpha value is -1.73. The molecule has 0 fully saturated rings. The molecular weight excluding hydrogens is 214 g/mol. The summed E-state index contributed by atoms with van der Waals surface area (Å²) in [6, 6.07) is 6.44. The molecule has 0 unspecified atom stereocenters. The van der Waals surface area contributed by atoms with Gasteiger partial charge in [-0.2, -0.15) is 5.26 Å². The fourth-order valence-electron chi connectivity index (χ4n) is 0.919. The minimum absolute atomic E-state index is 0.240. The van der Waals surface area contributed by atoms with Gasteiger partial charge in [-0.25, -0.2) is 4.79 Å². The highest BCUT2D eigenvalue weighted by Crippen LogP contribution is 2.20. The van der Waals surface area contributed by atoms with Crippen molar-refractivity contribution >= 4 is 23.3 Å². The summed E-state index contributed by atoms with van der Waals surface area (Å²) in [7, 11) is 3.28. The van der Waals surface area contributed by atoms with Gasteiger partial charge < -0.3 is 10.2 Å². The van der Waals surface area contributed by atoms with Crippen LogP contribution in [0.3, 0.4) is 0 Å². The summed E-state index contributed by atoms with van der Waals surface area (Å²) in [6.45, 7) is 0. The maximum atomic E-state index is 11.3. The van der Waals surface area contributed by atoms with E-state index in [4.69, 9.17) is 16.9 Å². The second kappa shape index (κ2) is 4.67. The van der Waals surface area contributed by atoms with Gasteiger partial charge in [-0.15, -0.1) is 0 Å². The predicted molar refractivity (Wildman–Crippen MR) is 58.9 cm³/mol. The molecule has 1 rings (SSSR count). The molecule has 15 heavy (non-hydrogen) atoms. The summed E-state index contributed by atoms with van der Waals surface area (Å²) < 4.78 is 0. The third-order valence-electron chi connectivity index (χ3n) is 1.75. The summed E-state index contributed by atoms with van der Waals surface area (Å²) in [4.78, 5) is 12.7. The minimum atomic E-state index is -0.240. The van der Waals surface area contributed by atoms with Crippen LogP contribution in [0.15, 0.2) is 18.2 Å². The van der Waals surface area contributed by atoms with E-state index < -0.39 is 0 Å². The maximum Gasteiger partial charge on any atom is 0.321 e. The highest BCUT2D eigenvalue weighted by molar-refractivity contribution is 6.32. The van der Waals surface area contributed by atoms with Crippen LogP contribution in [0.25, 0.3) is 0 Å². The van der Waals surface area contributed by atoms with Crippen molar-refractivity contribution in [2.45, 2.75) is 0 Å². The van der Waals surface area contributed by atoms with Crippen molar-refractivity contribution < 1.29 is 4.79 Å². The number of halogens is 1. The summed E-state index contributed by atoms with van der Waals surface area (Å²) in [5.41, 5.74) is 0.956. The van der Waals surface area contributed by atoms with E-state index in [2.05, 4.69) is 5.32 Å². The average Bonchev–Trinajstić information content (AvgIpc) is 2.18. The Bertz CT molecular complexity index is 423. The smallest absolute Gasteiger partial charge is 0.321 e. The van der Waals surface area contributed by atoms with Crippen LogP contribution >= 0.6 is 11.6 Å². The first-order valence-corrected chi connectivity index (χ1v) is 4.60. The van der Waals surface area contributed by atoms with E-state index in [1.54, 1.807) is 32.3 Å².